The molecule has 29 heavy (non-hydrogen) atoms. The average Bonchev–Trinajstić information content (AvgIpc) is 2.73. The van der Waals surface area contributed by atoms with Crippen molar-refractivity contribution < 1.29 is 19.4 Å². The zero-order chi connectivity index (χ0) is 20.6. The largest absolute Gasteiger partial charge is 0.493 e. The van der Waals surface area contributed by atoms with Crippen LogP contribution >= 0.6 is 0 Å². The highest BCUT2D eigenvalue weighted by Crippen LogP contribution is 2.29. The van der Waals surface area contributed by atoms with Gasteiger partial charge in [-0.1, -0.05) is 36.4 Å². The summed E-state index contributed by atoms with van der Waals surface area (Å²) in [5, 5.41) is 10.4. The van der Waals surface area contributed by atoms with E-state index in [4.69, 9.17) is 15.2 Å². The van der Waals surface area contributed by atoms with Gasteiger partial charge in [-0.15, -0.1) is 0 Å². The summed E-state index contributed by atoms with van der Waals surface area (Å²) >= 11 is 0. The van der Waals surface area contributed by atoms with Gasteiger partial charge in [0.05, 0.1) is 13.5 Å². The minimum atomic E-state index is -0.585. The number of aliphatic hydroxyl groups is 1. The number of piperidine rings is 1. The van der Waals surface area contributed by atoms with Crippen LogP contribution in [0.4, 0.5) is 0 Å². The Morgan fingerprint density at radius 2 is 1.90 bits per heavy atom. The fourth-order valence-electron chi connectivity index (χ4n) is 3.85. The lowest BCUT2D eigenvalue weighted by atomic mass is 9.89. The number of hydrogen-bond acceptors (Lipinski definition) is 5. The molecule has 1 heterocycles. The Morgan fingerprint density at radius 1 is 1.17 bits per heavy atom. The van der Waals surface area contributed by atoms with Gasteiger partial charge in [0.15, 0.2) is 11.5 Å². The quantitative estimate of drug-likeness (QED) is 0.677. The first-order chi connectivity index (χ1) is 14.0. The number of benzene rings is 2. The highest BCUT2D eigenvalue weighted by Gasteiger charge is 2.22. The van der Waals surface area contributed by atoms with Gasteiger partial charge in [0, 0.05) is 6.54 Å². The Morgan fingerprint density at radius 3 is 2.55 bits per heavy atom. The van der Waals surface area contributed by atoms with Crippen molar-refractivity contribution in [1.82, 2.24) is 4.90 Å². The first-order valence-electron chi connectivity index (χ1n) is 10.1. The second kappa shape index (κ2) is 10.3. The third-order valence-corrected chi connectivity index (χ3v) is 5.37. The maximum absolute atomic E-state index is 11.1. The summed E-state index contributed by atoms with van der Waals surface area (Å²) in [5.74, 6) is 1.28. The minimum absolute atomic E-state index is 0.151. The van der Waals surface area contributed by atoms with Crippen LogP contribution in [0.15, 0.2) is 48.5 Å². The van der Waals surface area contributed by atoms with Gasteiger partial charge >= 0.3 is 0 Å². The molecule has 1 aliphatic heterocycles. The summed E-state index contributed by atoms with van der Waals surface area (Å²) in [6, 6.07) is 15.9. The normalized spacial score (nSPS) is 16.3. The Balaban J connectivity index is 1.45. The number of nitrogens with two attached hydrogens (primary N) is 1. The Labute approximate surface area is 172 Å². The van der Waals surface area contributed by atoms with E-state index >= 15 is 0 Å². The van der Waals surface area contributed by atoms with Gasteiger partial charge in [0.1, 0.15) is 12.7 Å². The highest BCUT2D eigenvalue weighted by atomic mass is 16.5. The number of amides is 1. The lowest BCUT2D eigenvalue weighted by molar-refractivity contribution is -0.117. The molecule has 0 spiro atoms. The van der Waals surface area contributed by atoms with Crippen molar-refractivity contribution in [2.75, 3.05) is 33.4 Å². The summed E-state index contributed by atoms with van der Waals surface area (Å²) < 4.78 is 11.1. The van der Waals surface area contributed by atoms with Crippen molar-refractivity contribution >= 4 is 5.91 Å². The fourth-order valence-corrected chi connectivity index (χ4v) is 3.85. The third kappa shape index (κ3) is 6.21. The number of aliphatic hydroxyl groups excluding tert-OH is 1. The Kier molecular flexibility index (Phi) is 7.49. The van der Waals surface area contributed by atoms with Crippen LogP contribution in [-0.4, -0.2) is 55.4 Å². The van der Waals surface area contributed by atoms with E-state index in [1.165, 1.54) is 5.56 Å². The molecule has 6 nitrogen and oxygen atoms in total. The van der Waals surface area contributed by atoms with Crippen LogP contribution in [0.5, 0.6) is 11.5 Å². The standard InChI is InChI=1S/C23H30N2O4/c1-28-22-13-17(14-23(24)27)7-8-21(22)29-16-20(26)15-25-11-9-19(10-12-25)18-5-3-2-4-6-18/h2-8,13,19-20,26H,9-12,14-16H2,1H3,(H2,24,27). The van der Waals surface area contributed by atoms with Gasteiger partial charge in [-0.2, -0.15) is 0 Å². The average molecular weight is 399 g/mol. The maximum Gasteiger partial charge on any atom is 0.221 e. The smallest absolute Gasteiger partial charge is 0.221 e. The van der Waals surface area contributed by atoms with E-state index in [-0.39, 0.29) is 13.0 Å². The molecule has 1 fully saturated rings. The van der Waals surface area contributed by atoms with E-state index in [0.29, 0.717) is 24.0 Å². The van der Waals surface area contributed by atoms with Crippen molar-refractivity contribution in [1.29, 1.82) is 0 Å². The van der Waals surface area contributed by atoms with E-state index in [9.17, 15) is 9.90 Å². The van der Waals surface area contributed by atoms with E-state index in [2.05, 4.69) is 35.2 Å². The first-order valence-corrected chi connectivity index (χ1v) is 10.1. The summed E-state index contributed by atoms with van der Waals surface area (Å²) in [6.45, 7) is 2.72. The Bertz CT molecular complexity index is 789. The minimum Gasteiger partial charge on any atom is -0.493 e. The third-order valence-electron chi connectivity index (χ3n) is 5.37. The molecule has 6 heteroatoms. The molecule has 1 atom stereocenters. The predicted molar refractivity (Wildman–Crippen MR) is 112 cm³/mol. The maximum atomic E-state index is 11.1. The number of primary amides is 1. The molecule has 0 aliphatic carbocycles. The van der Waals surface area contributed by atoms with E-state index < -0.39 is 12.0 Å². The molecule has 0 saturated carbocycles. The van der Waals surface area contributed by atoms with Crippen LogP contribution in [0.25, 0.3) is 0 Å². The SMILES string of the molecule is COc1cc(CC(N)=O)ccc1OCC(O)CN1CCC(c2ccccc2)CC1. The van der Waals surface area contributed by atoms with Crippen molar-refractivity contribution in [2.45, 2.75) is 31.3 Å². The molecule has 3 rings (SSSR count). The van der Waals surface area contributed by atoms with Crippen molar-refractivity contribution in [3.63, 3.8) is 0 Å². The van der Waals surface area contributed by atoms with Crippen molar-refractivity contribution in [3.05, 3.63) is 59.7 Å². The first kappa shape index (κ1) is 21.1. The number of β-amino-alcohol motifs (C(OH)–C–C–N with tert-alkyl or cyclic N) is 1. The summed E-state index contributed by atoms with van der Waals surface area (Å²) in [6.07, 6.45) is 1.77. The fraction of sp³-hybridized carbons (Fsp3) is 0.435. The molecule has 1 amide bonds. The lowest BCUT2D eigenvalue weighted by Crippen LogP contribution is -2.40. The van der Waals surface area contributed by atoms with Crippen LogP contribution < -0.4 is 15.2 Å². The van der Waals surface area contributed by atoms with Gasteiger partial charge in [-0.25, -0.2) is 0 Å². The van der Waals surface area contributed by atoms with Gasteiger partial charge < -0.3 is 25.2 Å². The van der Waals surface area contributed by atoms with Crippen molar-refractivity contribution in [3.8, 4) is 11.5 Å². The molecule has 0 aromatic heterocycles. The number of ether oxygens (including phenoxy) is 2. The number of hydrogen-bond donors (Lipinski definition) is 2. The molecule has 0 bridgehead atoms. The molecule has 1 saturated heterocycles. The molecular weight excluding hydrogens is 368 g/mol. The second-order valence-electron chi connectivity index (χ2n) is 7.58. The summed E-state index contributed by atoms with van der Waals surface area (Å²) in [4.78, 5) is 13.4. The van der Waals surface area contributed by atoms with Crippen LogP contribution in [0.3, 0.4) is 0 Å². The van der Waals surface area contributed by atoms with Gasteiger partial charge in [-0.05, 0) is 55.1 Å². The molecule has 2 aromatic carbocycles. The monoisotopic (exact) mass is 398 g/mol. The van der Waals surface area contributed by atoms with Gasteiger partial charge in [0.2, 0.25) is 5.91 Å². The molecule has 0 radical (unpaired) electrons. The van der Waals surface area contributed by atoms with E-state index in [0.717, 1.165) is 31.5 Å². The van der Waals surface area contributed by atoms with Gasteiger partial charge in [0.25, 0.3) is 0 Å². The molecule has 156 valence electrons. The lowest BCUT2D eigenvalue weighted by Gasteiger charge is -2.33. The number of nitrogens with zero attached hydrogens (tertiary/aromatic N) is 1. The predicted octanol–water partition coefficient (Wildman–Crippen LogP) is 2.34. The van der Waals surface area contributed by atoms with Crippen LogP contribution in [0.2, 0.25) is 0 Å². The molecule has 3 N–H and O–H groups in total. The topological polar surface area (TPSA) is 85.0 Å². The van der Waals surface area contributed by atoms with Crippen LogP contribution in [-0.2, 0) is 11.2 Å². The summed E-state index contributed by atoms with van der Waals surface area (Å²) in [7, 11) is 1.55. The molecule has 2 aromatic rings. The summed E-state index contributed by atoms with van der Waals surface area (Å²) in [5.41, 5.74) is 7.41. The zero-order valence-corrected chi connectivity index (χ0v) is 16.9. The second-order valence-corrected chi connectivity index (χ2v) is 7.58. The van der Waals surface area contributed by atoms with Crippen LogP contribution in [0.1, 0.15) is 29.9 Å². The number of likely N-dealkylation sites (tertiary alicyclic amines) is 1. The van der Waals surface area contributed by atoms with E-state index in [1.54, 1.807) is 25.3 Å². The number of carbonyl (C=O) groups is 1. The zero-order valence-electron chi connectivity index (χ0n) is 16.9. The number of carbonyl (C=O) groups excluding carboxylic acids is 1. The molecule has 1 unspecified atom stereocenters. The Hall–Kier alpha value is -2.57. The highest BCUT2D eigenvalue weighted by molar-refractivity contribution is 5.76. The van der Waals surface area contributed by atoms with Crippen LogP contribution in [0, 0.1) is 0 Å². The molecule has 1 aliphatic rings. The van der Waals surface area contributed by atoms with E-state index in [1.807, 2.05) is 0 Å². The number of rotatable bonds is 9. The van der Waals surface area contributed by atoms with Gasteiger partial charge in [-0.3, -0.25) is 4.79 Å². The molecular formula is C23H30N2O4. The van der Waals surface area contributed by atoms with Crippen molar-refractivity contribution in [2.24, 2.45) is 5.73 Å². The number of methoxy groups -OCH3 is 1.